The van der Waals surface area contributed by atoms with Gasteiger partial charge in [-0.25, -0.2) is 0 Å². The van der Waals surface area contributed by atoms with E-state index in [0.717, 1.165) is 11.3 Å². The molecule has 2 amide bonds. The van der Waals surface area contributed by atoms with Crippen LogP contribution in [0.1, 0.15) is 30.9 Å². The number of amides is 2. The van der Waals surface area contributed by atoms with Crippen LogP contribution in [0.4, 0.5) is 0 Å². The fourth-order valence-electron chi connectivity index (χ4n) is 2.68. The van der Waals surface area contributed by atoms with Crippen LogP contribution >= 0.6 is 11.6 Å². The summed E-state index contributed by atoms with van der Waals surface area (Å²) in [7, 11) is 0. The molecule has 0 saturated heterocycles. The molecule has 140 valence electrons. The number of hydrogen-bond donors (Lipinski definition) is 0. The standard InChI is InChI=1S/C20H25ClN2O3/c1-15(2)23(19(24)11-21)14-20(25)22(12-17-7-5-4-6-8-17)13-18-10-9-16(3)26-18/h4-10,15H,11-14H2,1-3H3. The first kappa shape index (κ1) is 20.0. The quantitative estimate of drug-likeness (QED) is 0.661. The molecule has 0 bridgehead atoms. The number of carbonyl (C=O) groups is 2. The lowest BCUT2D eigenvalue weighted by molar-refractivity contribution is -0.141. The molecule has 0 fully saturated rings. The Morgan fingerprint density at radius 1 is 1.04 bits per heavy atom. The molecule has 0 atom stereocenters. The smallest absolute Gasteiger partial charge is 0.242 e. The SMILES string of the molecule is Cc1ccc(CN(Cc2ccccc2)C(=O)CN(C(=O)CCl)C(C)C)o1. The second kappa shape index (κ2) is 9.43. The van der Waals surface area contributed by atoms with Gasteiger partial charge in [0.05, 0.1) is 6.54 Å². The minimum atomic E-state index is -0.247. The van der Waals surface area contributed by atoms with Crippen LogP contribution in [0, 0.1) is 6.92 Å². The summed E-state index contributed by atoms with van der Waals surface area (Å²) in [5, 5.41) is 0. The topological polar surface area (TPSA) is 53.8 Å². The zero-order valence-corrected chi connectivity index (χ0v) is 16.2. The molecule has 0 saturated carbocycles. The molecule has 0 aliphatic carbocycles. The number of carbonyl (C=O) groups excluding carboxylic acids is 2. The Morgan fingerprint density at radius 3 is 2.27 bits per heavy atom. The van der Waals surface area contributed by atoms with Crippen molar-refractivity contribution in [3.8, 4) is 0 Å². The van der Waals surface area contributed by atoms with E-state index in [1.165, 1.54) is 4.90 Å². The molecule has 0 radical (unpaired) electrons. The van der Waals surface area contributed by atoms with Gasteiger partial charge in [-0.2, -0.15) is 0 Å². The molecule has 1 aromatic heterocycles. The van der Waals surface area contributed by atoms with Crippen molar-refractivity contribution in [1.82, 2.24) is 9.80 Å². The molecule has 0 aliphatic heterocycles. The predicted molar refractivity (Wildman–Crippen MR) is 102 cm³/mol. The first-order valence-corrected chi connectivity index (χ1v) is 9.16. The lowest BCUT2D eigenvalue weighted by atomic mass is 10.2. The van der Waals surface area contributed by atoms with Crippen molar-refractivity contribution in [3.05, 3.63) is 59.5 Å². The monoisotopic (exact) mass is 376 g/mol. The van der Waals surface area contributed by atoms with Crippen molar-refractivity contribution in [3.63, 3.8) is 0 Å². The van der Waals surface area contributed by atoms with Crippen molar-refractivity contribution in [1.29, 1.82) is 0 Å². The lowest BCUT2D eigenvalue weighted by Gasteiger charge is -2.29. The second-order valence-corrected chi connectivity index (χ2v) is 6.76. The number of nitrogens with zero attached hydrogens (tertiary/aromatic N) is 2. The van der Waals surface area contributed by atoms with Crippen molar-refractivity contribution < 1.29 is 14.0 Å². The minimum absolute atomic E-state index is 0.00422. The molecule has 5 nitrogen and oxygen atoms in total. The van der Waals surface area contributed by atoms with E-state index in [2.05, 4.69) is 0 Å². The van der Waals surface area contributed by atoms with Crippen LogP contribution in [-0.2, 0) is 22.7 Å². The zero-order valence-electron chi connectivity index (χ0n) is 15.4. The highest BCUT2D eigenvalue weighted by molar-refractivity contribution is 6.27. The average molecular weight is 377 g/mol. The fourth-order valence-corrected chi connectivity index (χ4v) is 2.83. The molecule has 0 spiro atoms. The van der Waals surface area contributed by atoms with E-state index in [-0.39, 0.29) is 30.3 Å². The van der Waals surface area contributed by atoms with E-state index in [9.17, 15) is 9.59 Å². The number of benzene rings is 1. The zero-order chi connectivity index (χ0) is 19.1. The molecule has 2 rings (SSSR count). The average Bonchev–Trinajstić information content (AvgIpc) is 3.03. The molecule has 2 aromatic rings. The van der Waals surface area contributed by atoms with E-state index < -0.39 is 0 Å². The second-order valence-electron chi connectivity index (χ2n) is 6.50. The summed E-state index contributed by atoms with van der Waals surface area (Å²) in [6.07, 6.45) is 0. The third-order valence-electron chi connectivity index (χ3n) is 4.08. The maximum absolute atomic E-state index is 12.9. The summed E-state index contributed by atoms with van der Waals surface area (Å²) in [5.41, 5.74) is 1.02. The highest BCUT2D eigenvalue weighted by Crippen LogP contribution is 2.14. The Balaban J connectivity index is 2.17. The van der Waals surface area contributed by atoms with E-state index in [4.69, 9.17) is 16.0 Å². The van der Waals surface area contributed by atoms with Gasteiger partial charge >= 0.3 is 0 Å². The maximum Gasteiger partial charge on any atom is 0.242 e. The van der Waals surface area contributed by atoms with Gasteiger partial charge in [-0.3, -0.25) is 9.59 Å². The Hall–Kier alpha value is -2.27. The van der Waals surface area contributed by atoms with E-state index in [1.54, 1.807) is 4.90 Å². The first-order chi connectivity index (χ1) is 12.4. The van der Waals surface area contributed by atoms with Gasteiger partial charge in [-0.05, 0) is 38.5 Å². The molecule has 0 unspecified atom stereocenters. The number of halogens is 1. The lowest BCUT2D eigenvalue weighted by Crippen LogP contribution is -2.46. The Bertz CT molecular complexity index is 728. The summed E-state index contributed by atoms with van der Waals surface area (Å²) in [6.45, 7) is 6.40. The van der Waals surface area contributed by atoms with Crippen molar-refractivity contribution in [2.24, 2.45) is 0 Å². The molecule has 26 heavy (non-hydrogen) atoms. The van der Waals surface area contributed by atoms with Gasteiger partial charge in [-0.15, -0.1) is 11.6 Å². The highest BCUT2D eigenvalue weighted by atomic mass is 35.5. The molecule has 6 heteroatoms. The number of alkyl halides is 1. The van der Waals surface area contributed by atoms with Crippen LogP contribution in [0.5, 0.6) is 0 Å². The highest BCUT2D eigenvalue weighted by Gasteiger charge is 2.23. The Labute approximate surface area is 159 Å². The molecule has 0 N–H and O–H groups in total. The van der Waals surface area contributed by atoms with Gasteiger partial charge in [0.1, 0.15) is 23.9 Å². The number of hydrogen-bond acceptors (Lipinski definition) is 3. The summed E-state index contributed by atoms with van der Waals surface area (Å²) >= 11 is 5.69. The van der Waals surface area contributed by atoms with E-state index >= 15 is 0 Å². The minimum Gasteiger partial charge on any atom is -0.464 e. The molecule has 1 heterocycles. The molecule has 1 aromatic carbocycles. The number of rotatable bonds is 8. The summed E-state index contributed by atoms with van der Waals surface area (Å²) < 4.78 is 5.63. The van der Waals surface area contributed by atoms with Crippen LogP contribution in [0.15, 0.2) is 46.9 Å². The molecular weight excluding hydrogens is 352 g/mol. The van der Waals surface area contributed by atoms with Crippen LogP contribution in [0.25, 0.3) is 0 Å². The van der Waals surface area contributed by atoms with E-state index in [0.29, 0.717) is 18.8 Å². The van der Waals surface area contributed by atoms with Crippen LogP contribution in [0.2, 0.25) is 0 Å². The third kappa shape index (κ3) is 5.63. The molecular formula is C20H25ClN2O3. The fraction of sp³-hybridized carbons (Fsp3) is 0.400. The van der Waals surface area contributed by atoms with Crippen LogP contribution < -0.4 is 0 Å². The Kier molecular flexibility index (Phi) is 7.27. The normalized spacial score (nSPS) is 10.8. The number of furan rings is 1. The van der Waals surface area contributed by atoms with E-state index in [1.807, 2.05) is 63.2 Å². The van der Waals surface area contributed by atoms with Gasteiger partial charge in [0.2, 0.25) is 11.8 Å². The van der Waals surface area contributed by atoms with Gasteiger partial charge in [0.15, 0.2) is 0 Å². The van der Waals surface area contributed by atoms with Gasteiger partial charge in [0.25, 0.3) is 0 Å². The number of aryl methyl sites for hydroxylation is 1. The summed E-state index contributed by atoms with van der Waals surface area (Å²) in [5.74, 6) is 0.986. The van der Waals surface area contributed by atoms with Gasteiger partial charge < -0.3 is 14.2 Å². The Morgan fingerprint density at radius 2 is 1.73 bits per heavy atom. The van der Waals surface area contributed by atoms with Gasteiger partial charge in [0, 0.05) is 12.6 Å². The largest absolute Gasteiger partial charge is 0.464 e. The summed E-state index contributed by atoms with van der Waals surface area (Å²) in [4.78, 5) is 28.2. The first-order valence-electron chi connectivity index (χ1n) is 8.63. The van der Waals surface area contributed by atoms with Crippen molar-refractivity contribution >= 4 is 23.4 Å². The summed E-state index contributed by atoms with van der Waals surface area (Å²) in [6, 6.07) is 13.4. The van der Waals surface area contributed by atoms with Crippen molar-refractivity contribution in [2.75, 3.05) is 12.4 Å². The third-order valence-corrected chi connectivity index (χ3v) is 4.30. The van der Waals surface area contributed by atoms with Gasteiger partial charge in [-0.1, -0.05) is 30.3 Å². The van der Waals surface area contributed by atoms with Crippen LogP contribution in [-0.4, -0.2) is 40.1 Å². The molecule has 0 aliphatic rings. The van der Waals surface area contributed by atoms with Crippen molar-refractivity contribution in [2.45, 2.75) is 39.9 Å². The van der Waals surface area contributed by atoms with Crippen LogP contribution in [0.3, 0.4) is 0 Å². The predicted octanol–water partition coefficient (Wildman–Crippen LogP) is 3.59. The maximum atomic E-state index is 12.9.